The summed E-state index contributed by atoms with van der Waals surface area (Å²) in [5.41, 5.74) is 0.914. The summed E-state index contributed by atoms with van der Waals surface area (Å²) < 4.78 is 3.55. The molecule has 1 aliphatic heterocycles. The van der Waals surface area contributed by atoms with Crippen molar-refractivity contribution in [2.24, 2.45) is 5.92 Å². The summed E-state index contributed by atoms with van der Waals surface area (Å²) >= 11 is 0. The Morgan fingerprint density at radius 1 is 1.23 bits per heavy atom. The number of rotatable bonds is 4. The molecule has 0 radical (unpaired) electrons. The van der Waals surface area contributed by atoms with Gasteiger partial charge in [0.05, 0.1) is 6.04 Å². The molecule has 0 fully saturated rings. The van der Waals surface area contributed by atoms with Crippen LogP contribution >= 0.6 is 0 Å². The standard InChI is InChI=1S/C16H21N9O/c1-10(2)14(15-21-19-12-6-7-17-8-9-24(12)15)18-16(26)11-4-3-5-13-20-22-23-25(11)13/h3-5,10,14,17H,6-9H2,1-2H3,(H,18,26)/t14-/m1/s1. The molecule has 3 aromatic heterocycles. The Morgan fingerprint density at radius 3 is 2.96 bits per heavy atom. The van der Waals surface area contributed by atoms with Gasteiger partial charge in [0.1, 0.15) is 11.5 Å². The molecule has 0 unspecified atom stereocenters. The molecule has 1 aliphatic rings. The second-order valence-electron chi connectivity index (χ2n) is 6.68. The first-order valence-electron chi connectivity index (χ1n) is 8.76. The summed E-state index contributed by atoms with van der Waals surface area (Å²) in [7, 11) is 0. The topological polar surface area (TPSA) is 115 Å². The summed E-state index contributed by atoms with van der Waals surface area (Å²) in [5, 5.41) is 26.6. The second-order valence-corrected chi connectivity index (χ2v) is 6.68. The van der Waals surface area contributed by atoms with E-state index in [0.29, 0.717) is 11.3 Å². The van der Waals surface area contributed by atoms with Gasteiger partial charge in [-0.05, 0) is 28.5 Å². The molecule has 0 spiro atoms. The fraction of sp³-hybridized carbons (Fsp3) is 0.500. The second kappa shape index (κ2) is 6.79. The lowest BCUT2D eigenvalue weighted by Crippen LogP contribution is -2.35. The van der Waals surface area contributed by atoms with Crippen LogP contribution in [0, 0.1) is 5.92 Å². The van der Waals surface area contributed by atoms with E-state index >= 15 is 0 Å². The molecule has 0 aromatic carbocycles. The Bertz CT molecular complexity index is 929. The van der Waals surface area contributed by atoms with Gasteiger partial charge in [0.15, 0.2) is 11.5 Å². The number of amides is 1. The summed E-state index contributed by atoms with van der Waals surface area (Å²) in [6.07, 6.45) is 0.829. The summed E-state index contributed by atoms with van der Waals surface area (Å²) in [5.74, 6) is 1.64. The van der Waals surface area contributed by atoms with Crippen LogP contribution in [0.25, 0.3) is 5.65 Å². The summed E-state index contributed by atoms with van der Waals surface area (Å²) in [4.78, 5) is 12.9. The molecular formula is C16H21N9O. The van der Waals surface area contributed by atoms with Crippen LogP contribution in [-0.2, 0) is 13.0 Å². The number of aromatic nitrogens is 7. The number of tetrazole rings is 1. The van der Waals surface area contributed by atoms with E-state index in [1.807, 2.05) is 0 Å². The van der Waals surface area contributed by atoms with Crippen LogP contribution in [0.15, 0.2) is 18.2 Å². The molecule has 136 valence electrons. The van der Waals surface area contributed by atoms with Crippen LogP contribution in [0.4, 0.5) is 0 Å². The van der Waals surface area contributed by atoms with E-state index in [1.54, 1.807) is 18.2 Å². The van der Waals surface area contributed by atoms with E-state index in [4.69, 9.17) is 0 Å². The number of fused-ring (bicyclic) bond motifs is 2. The van der Waals surface area contributed by atoms with E-state index in [-0.39, 0.29) is 17.9 Å². The fourth-order valence-corrected chi connectivity index (χ4v) is 3.21. The van der Waals surface area contributed by atoms with E-state index in [2.05, 4.69) is 54.8 Å². The smallest absolute Gasteiger partial charge is 0.270 e. The number of hydrogen-bond donors (Lipinski definition) is 2. The maximum absolute atomic E-state index is 12.9. The average Bonchev–Trinajstić information content (AvgIpc) is 3.20. The van der Waals surface area contributed by atoms with Crippen molar-refractivity contribution in [3.63, 3.8) is 0 Å². The zero-order chi connectivity index (χ0) is 18.1. The van der Waals surface area contributed by atoms with Gasteiger partial charge in [-0.15, -0.1) is 15.3 Å². The van der Waals surface area contributed by atoms with Crippen molar-refractivity contribution >= 4 is 11.6 Å². The highest BCUT2D eigenvalue weighted by molar-refractivity contribution is 5.93. The minimum Gasteiger partial charge on any atom is -0.340 e. The van der Waals surface area contributed by atoms with Gasteiger partial charge in [-0.25, -0.2) is 0 Å². The van der Waals surface area contributed by atoms with Crippen molar-refractivity contribution in [3.8, 4) is 0 Å². The van der Waals surface area contributed by atoms with Gasteiger partial charge in [-0.3, -0.25) is 4.79 Å². The highest BCUT2D eigenvalue weighted by atomic mass is 16.2. The molecule has 3 aromatic rings. The number of nitrogens with zero attached hydrogens (tertiary/aromatic N) is 7. The Labute approximate surface area is 150 Å². The van der Waals surface area contributed by atoms with Crippen molar-refractivity contribution in [1.82, 2.24) is 45.4 Å². The monoisotopic (exact) mass is 355 g/mol. The normalized spacial score (nSPS) is 15.7. The van der Waals surface area contributed by atoms with E-state index in [1.165, 1.54) is 4.52 Å². The molecule has 0 bridgehead atoms. The first kappa shape index (κ1) is 16.6. The van der Waals surface area contributed by atoms with Crippen LogP contribution in [-0.4, -0.2) is 53.8 Å². The van der Waals surface area contributed by atoms with Crippen LogP contribution in [0.5, 0.6) is 0 Å². The van der Waals surface area contributed by atoms with E-state index in [9.17, 15) is 4.79 Å². The number of carbonyl (C=O) groups is 1. The van der Waals surface area contributed by atoms with Gasteiger partial charge in [-0.1, -0.05) is 19.9 Å². The lowest BCUT2D eigenvalue weighted by atomic mass is 10.0. The third-order valence-electron chi connectivity index (χ3n) is 4.58. The van der Waals surface area contributed by atoms with Crippen molar-refractivity contribution in [2.75, 3.05) is 13.1 Å². The largest absolute Gasteiger partial charge is 0.340 e. The molecule has 10 heteroatoms. The molecule has 1 amide bonds. The summed E-state index contributed by atoms with van der Waals surface area (Å²) in [6, 6.07) is 4.96. The first-order valence-corrected chi connectivity index (χ1v) is 8.76. The molecule has 2 N–H and O–H groups in total. The average molecular weight is 355 g/mol. The van der Waals surface area contributed by atoms with Gasteiger partial charge in [-0.2, -0.15) is 4.52 Å². The van der Waals surface area contributed by atoms with Crippen LogP contribution in [0.3, 0.4) is 0 Å². The third kappa shape index (κ3) is 2.92. The van der Waals surface area contributed by atoms with Crippen molar-refractivity contribution in [2.45, 2.75) is 32.9 Å². The van der Waals surface area contributed by atoms with Gasteiger partial charge < -0.3 is 15.2 Å². The Hall–Kier alpha value is -2.88. The Kier molecular flexibility index (Phi) is 4.33. The minimum absolute atomic E-state index is 0.150. The maximum Gasteiger partial charge on any atom is 0.270 e. The highest BCUT2D eigenvalue weighted by Gasteiger charge is 2.27. The number of carbonyl (C=O) groups excluding carboxylic acids is 1. The number of pyridine rings is 1. The predicted molar refractivity (Wildman–Crippen MR) is 92.4 cm³/mol. The summed E-state index contributed by atoms with van der Waals surface area (Å²) in [6.45, 7) is 6.65. The first-order chi connectivity index (χ1) is 12.6. The SMILES string of the molecule is CC(C)[C@@H](NC(=O)c1cccc2nnnn12)c1nnc2n1CCNCC2. The zero-order valence-electron chi connectivity index (χ0n) is 14.8. The molecule has 4 rings (SSSR count). The molecule has 0 saturated carbocycles. The van der Waals surface area contributed by atoms with Gasteiger partial charge in [0, 0.05) is 26.1 Å². The lowest BCUT2D eigenvalue weighted by Gasteiger charge is -2.22. The molecule has 4 heterocycles. The molecule has 10 nitrogen and oxygen atoms in total. The maximum atomic E-state index is 12.9. The van der Waals surface area contributed by atoms with E-state index in [0.717, 1.165) is 37.7 Å². The fourth-order valence-electron chi connectivity index (χ4n) is 3.21. The van der Waals surface area contributed by atoms with Crippen molar-refractivity contribution < 1.29 is 4.79 Å². The van der Waals surface area contributed by atoms with Gasteiger partial charge in [0.2, 0.25) is 0 Å². The predicted octanol–water partition coefficient (Wildman–Crippen LogP) is -0.0114. The Morgan fingerprint density at radius 2 is 2.12 bits per heavy atom. The molecule has 1 atom stereocenters. The highest BCUT2D eigenvalue weighted by Crippen LogP contribution is 2.22. The zero-order valence-corrected chi connectivity index (χ0v) is 14.8. The molecule has 0 aliphatic carbocycles. The third-order valence-corrected chi connectivity index (χ3v) is 4.58. The quantitative estimate of drug-likeness (QED) is 0.676. The van der Waals surface area contributed by atoms with Crippen LogP contribution in [0.1, 0.15) is 42.0 Å². The van der Waals surface area contributed by atoms with Crippen LogP contribution < -0.4 is 10.6 Å². The van der Waals surface area contributed by atoms with Crippen molar-refractivity contribution in [1.29, 1.82) is 0 Å². The van der Waals surface area contributed by atoms with Gasteiger partial charge in [0.25, 0.3) is 5.91 Å². The Balaban J connectivity index is 1.65. The van der Waals surface area contributed by atoms with Gasteiger partial charge >= 0.3 is 0 Å². The number of hydrogen-bond acceptors (Lipinski definition) is 7. The van der Waals surface area contributed by atoms with Crippen molar-refractivity contribution in [3.05, 3.63) is 35.5 Å². The lowest BCUT2D eigenvalue weighted by molar-refractivity contribution is 0.0914. The molecular weight excluding hydrogens is 334 g/mol. The molecule has 0 saturated heterocycles. The molecule has 26 heavy (non-hydrogen) atoms. The van der Waals surface area contributed by atoms with E-state index < -0.39 is 0 Å². The number of nitrogens with one attached hydrogen (secondary N) is 2. The van der Waals surface area contributed by atoms with Crippen LogP contribution in [0.2, 0.25) is 0 Å². The minimum atomic E-state index is -0.256.